The van der Waals surface area contributed by atoms with Crippen molar-refractivity contribution in [1.29, 1.82) is 0 Å². The summed E-state index contributed by atoms with van der Waals surface area (Å²) in [5.74, 6) is 1.32. The van der Waals surface area contributed by atoms with Gasteiger partial charge in [-0.2, -0.15) is 0 Å². The highest BCUT2D eigenvalue weighted by Gasteiger charge is 2.35. The van der Waals surface area contributed by atoms with E-state index in [0.29, 0.717) is 43.4 Å². The lowest BCUT2D eigenvalue weighted by molar-refractivity contribution is -0.133. The number of fused-ring (bicyclic) bond motifs is 1. The summed E-state index contributed by atoms with van der Waals surface area (Å²) in [6.07, 6.45) is 1.93. The van der Waals surface area contributed by atoms with Crippen LogP contribution in [0.3, 0.4) is 0 Å². The van der Waals surface area contributed by atoms with E-state index in [9.17, 15) is 9.59 Å². The van der Waals surface area contributed by atoms with Gasteiger partial charge >= 0.3 is 0 Å². The minimum absolute atomic E-state index is 0.0173. The summed E-state index contributed by atoms with van der Waals surface area (Å²) < 4.78 is 0. The van der Waals surface area contributed by atoms with Gasteiger partial charge in [-0.05, 0) is 30.5 Å². The van der Waals surface area contributed by atoms with Crippen LogP contribution < -0.4 is 15.5 Å². The lowest BCUT2D eigenvalue weighted by atomic mass is 9.93. The molecule has 1 saturated heterocycles. The molecule has 1 aromatic carbocycles. The number of nitrogens with zero attached hydrogens (tertiary/aromatic N) is 4. The quantitative estimate of drug-likeness (QED) is 0.653. The first kappa shape index (κ1) is 24.4. The zero-order valence-electron chi connectivity index (χ0n) is 20.2. The minimum Gasteiger partial charge on any atom is -0.350 e. The van der Waals surface area contributed by atoms with E-state index in [2.05, 4.69) is 46.3 Å². The van der Waals surface area contributed by atoms with Crippen LogP contribution in [0.4, 0.5) is 11.6 Å². The van der Waals surface area contributed by atoms with Gasteiger partial charge in [0.05, 0.1) is 5.92 Å². The summed E-state index contributed by atoms with van der Waals surface area (Å²) in [5, 5.41) is 6.96. The van der Waals surface area contributed by atoms with Crippen molar-refractivity contribution in [3.8, 4) is 0 Å². The topological polar surface area (TPSA) is 90.5 Å². The van der Waals surface area contributed by atoms with E-state index in [1.807, 2.05) is 36.1 Å². The van der Waals surface area contributed by atoms with Gasteiger partial charge in [-0.3, -0.25) is 9.59 Å². The predicted octanol–water partition coefficient (Wildman–Crippen LogP) is 3.39. The molecule has 2 aromatic rings. The molecule has 1 aromatic heterocycles. The molecule has 3 atom stereocenters. The van der Waals surface area contributed by atoms with Crippen molar-refractivity contribution >= 4 is 35.1 Å². The third kappa shape index (κ3) is 5.18. The van der Waals surface area contributed by atoms with E-state index in [-0.39, 0.29) is 35.7 Å². The van der Waals surface area contributed by atoms with Gasteiger partial charge in [0, 0.05) is 55.3 Å². The highest BCUT2D eigenvalue weighted by molar-refractivity contribution is 6.30. The van der Waals surface area contributed by atoms with Crippen molar-refractivity contribution in [2.24, 2.45) is 0 Å². The second-order valence-electron chi connectivity index (χ2n) is 9.61. The highest BCUT2D eigenvalue weighted by Crippen LogP contribution is 2.37. The molecule has 2 aliphatic rings. The molecule has 0 aliphatic carbocycles. The SMILES string of the molecule is CC(C)NC[C@@H](C(=O)N1CCN(c2ncnc3c2C(C)CC(=O)N3)[C@H](C)C1)c1ccc(Cl)cc1. The van der Waals surface area contributed by atoms with Crippen LogP contribution in [0.2, 0.25) is 5.02 Å². The normalized spacial score (nSPS) is 21.3. The molecule has 1 fully saturated rings. The Morgan fingerprint density at radius 3 is 2.62 bits per heavy atom. The lowest BCUT2D eigenvalue weighted by Gasteiger charge is -2.43. The first-order valence-corrected chi connectivity index (χ1v) is 12.3. The van der Waals surface area contributed by atoms with Crippen molar-refractivity contribution in [3.63, 3.8) is 0 Å². The molecule has 182 valence electrons. The average molecular weight is 485 g/mol. The lowest BCUT2D eigenvalue weighted by Crippen LogP contribution is -2.56. The average Bonchev–Trinajstić information content (AvgIpc) is 2.79. The number of aromatic nitrogens is 2. The number of carbonyl (C=O) groups is 2. The Balaban J connectivity index is 1.52. The van der Waals surface area contributed by atoms with E-state index >= 15 is 0 Å². The van der Waals surface area contributed by atoms with E-state index < -0.39 is 0 Å². The Hall–Kier alpha value is -2.71. The molecule has 2 amide bonds. The second kappa shape index (κ2) is 10.3. The Morgan fingerprint density at radius 1 is 1.21 bits per heavy atom. The Morgan fingerprint density at radius 2 is 1.94 bits per heavy atom. The number of carbonyl (C=O) groups excluding carboxylic acids is 2. The van der Waals surface area contributed by atoms with Gasteiger partial charge in [-0.25, -0.2) is 9.97 Å². The molecule has 8 nitrogen and oxygen atoms in total. The van der Waals surface area contributed by atoms with Crippen molar-refractivity contribution < 1.29 is 9.59 Å². The van der Waals surface area contributed by atoms with Crippen LogP contribution in [-0.4, -0.2) is 64.9 Å². The zero-order valence-corrected chi connectivity index (χ0v) is 21.0. The third-order valence-electron chi connectivity index (χ3n) is 6.62. The number of anilines is 2. The molecule has 34 heavy (non-hydrogen) atoms. The smallest absolute Gasteiger partial charge is 0.231 e. The molecule has 0 radical (unpaired) electrons. The van der Waals surface area contributed by atoms with E-state index in [1.165, 1.54) is 6.33 Å². The molecule has 9 heteroatoms. The summed E-state index contributed by atoms with van der Waals surface area (Å²) in [5.41, 5.74) is 1.95. The van der Waals surface area contributed by atoms with Gasteiger partial charge in [-0.15, -0.1) is 0 Å². The minimum atomic E-state index is -0.277. The van der Waals surface area contributed by atoms with Crippen molar-refractivity contribution in [2.75, 3.05) is 36.4 Å². The van der Waals surface area contributed by atoms with Gasteiger partial charge in [0.1, 0.15) is 18.0 Å². The number of amides is 2. The maximum Gasteiger partial charge on any atom is 0.231 e. The summed E-state index contributed by atoms with van der Waals surface area (Å²) in [7, 11) is 0. The van der Waals surface area contributed by atoms with Crippen LogP contribution in [-0.2, 0) is 9.59 Å². The van der Waals surface area contributed by atoms with Crippen LogP contribution in [0, 0.1) is 0 Å². The van der Waals surface area contributed by atoms with Crippen LogP contribution in [0.25, 0.3) is 0 Å². The first-order chi connectivity index (χ1) is 16.2. The first-order valence-electron chi connectivity index (χ1n) is 11.9. The Bertz CT molecular complexity index is 1040. The molecule has 2 N–H and O–H groups in total. The van der Waals surface area contributed by atoms with Gasteiger partial charge in [-0.1, -0.05) is 44.5 Å². The monoisotopic (exact) mass is 484 g/mol. The van der Waals surface area contributed by atoms with Crippen molar-refractivity contribution in [1.82, 2.24) is 20.2 Å². The summed E-state index contributed by atoms with van der Waals surface area (Å²) in [6.45, 7) is 10.8. The predicted molar refractivity (Wildman–Crippen MR) is 134 cm³/mol. The van der Waals surface area contributed by atoms with E-state index in [0.717, 1.165) is 16.9 Å². The molecule has 4 rings (SSSR count). The maximum absolute atomic E-state index is 13.7. The molecule has 0 bridgehead atoms. The highest BCUT2D eigenvalue weighted by atomic mass is 35.5. The largest absolute Gasteiger partial charge is 0.350 e. The third-order valence-corrected chi connectivity index (χ3v) is 6.87. The van der Waals surface area contributed by atoms with Crippen molar-refractivity contribution in [3.05, 3.63) is 46.7 Å². The second-order valence-corrected chi connectivity index (χ2v) is 10.0. The summed E-state index contributed by atoms with van der Waals surface area (Å²) in [4.78, 5) is 38.7. The summed E-state index contributed by atoms with van der Waals surface area (Å²) in [6, 6.07) is 7.91. The summed E-state index contributed by atoms with van der Waals surface area (Å²) >= 11 is 6.08. The van der Waals surface area contributed by atoms with E-state index in [4.69, 9.17) is 11.6 Å². The number of nitrogens with one attached hydrogen (secondary N) is 2. The molecule has 1 unspecified atom stereocenters. The molecule has 0 saturated carbocycles. The van der Waals surface area contributed by atoms with Gasteiger partial charge in [0.2, 0.25) is 11.8 Å². The molecule has 2 aliphatic heterocycles. The standard InChI is InChI=1S/C25H33ClN6O2/c1-15(2)27-12-20(18-5-7-19(26)8-6-18)25(34)31-9-10-32(17(4)13-31)24-22-16(3)11-21(33)30-23(22)28-14-29-24/h5-8,14-17,20,27H,9-13H2,1-4H3,(H,28,29,30,33)/t16?,17-,20-/m1/s1. The number of rotatable bonds is 6. The number of benzene rings is 1. The van der Waals surface area contributed by atoms with Gasteiger partial charge < -0.3 is 20.4 Å². The van der Waals surface area contributed by atoms with E-state index in [1.54, 1.807) is 0 Å². The fourth-order valence-corrected chi connectivity index (χ4v) is 4.95. The fraction of sp³-hybridized carbons (Fsp3) is 0.520. The molecular formula is C25H33ClN6O2. The zero-order chi connectivity index (χ0) is 24.4. The number of halogens is 1. The number of piperazine rings is 1. The van der Waals surface area contributed by atoms with Crippen LogP contribution in [0.15, 0.2) is 30.6 Å². The van der Waals surface area contributed by atoms with Crippen molar-refractivity contribution in [2.45, 2.75) is 58.0 Å². The molecular weight excluding hydrogens is 452 g/mol. The van der Waals surface area contributed by atoms with Gasteiger partial charge in [0.25, 0.3) is 0 Å². The van der Waals surface area contributed by atoms with Crippen LogP contribution in [0.5, 0.6) is 0 Å². The molecule has 0 spiro atoms. The number of hydrogen-bond acceptors (Lipinski definition) is 6. The molecule has 3 heterocycles. The number of hydrogen-bond donors (Lipinski definition) is 2. The Kier molecular flexibility index (Phi) is 7.38. The van der Waals surface area contributed by atoms with Crippen LogP contribution >= 0.6 is 11.6 Å². The maximum atomic E-state index is 13.7. The fourth-order valence-electron chi connectivity index (χ4n) is 4.82. The van der Waals surface area contributed by atoms with Gasteiger partial charge in [0.15, 0.2) is 0 Å². The van der Waals surface area contributed by atoms with Crippen LogP contribution in [0.1, 0.15) is 57.1 Å². The Labute approximate surface area is 206 Å².